The molecule has 3 nitrogen and oxygen atoms in total. The molecule has 0 radical (unpaired) electrons. The van der Waals surface area contributed by atoms with E-state index < -0.39 is 5.97 Å². The third-order valence-corrected chi connectivity index (χ3v) is 7.73. The molecule has 2 aliphatic carbocycles. The first-order chi connectivity index (χ1) is 13.7. The number of hydrogen-bond acceptors (Lipinski definition) is 2. The average molecular weight is 376 g/mol. The number of fused-ring (bicyclic) bond motifs is 1. The van der Waals surface area contributed by atoms with Crippen LogP contribution in [0.4, 0.5) is 0 Å². The Morgan fingerprint density at radius 3 is 2.79 bits per heavy atom. The predicted octanol–water partition coefficient (Wildman–Crippen LogP) is 4.69. The normalized spacial score (nSPS) is 29.0. The van der Waals surface area contributed by atoms with E-state index in [0.717, 1.165) is 25.9 Å². The quantitative estimate of drug-likeness (QED) is 0.843. The predicted molar refractivity (Wildman–Crippen MR) is 111 cm³/mol. The second-order valence-electron chi connectivity index (χ2n) is 8.98. The van der Waals surface area contributed by atoms with Crippen molar-refractivity contribution in [2.24, 2.45) is 5.92 Å². The first kappa shape index (κ1) is 17.9. The maximum atomic E-state index is 11.6. The summed E-state index contributed by atoms with van der Waals surface area (Å²) in [5, 5.41) is 9.52. The Labute approximate surface area is 167 Å². The van der Waals surface area contributed by atoms with Gasteiger partial charge >= 0.3 is 5.97 Å². The highest BCUT2D eigenvalue weighted by atomic mass is 16.4. The number of aromatic carboxylic acids is 1. The molecule has 2 aromatic carbocycles. The van der Waals surface area contributed by atoms with Crippen molar-refractivity contribution in [3.8, 4) is 0 Å². The molecule has 1 N–H and O–H groups in total. The Hall–Kier alpha value is -2.13. The van der Waals surface area contributed by atoms with Gasteiger partial charge < -0.3 is 5.11 Å². The van der Waals surface area contributed by atoms with Crippen molar-refractivity contribution in [2.75, 3.05) is 13.1 Å². The van der Waals surface area contributed by atoms with Crippen LogP contribution in [0.15, 0.2) is 48.5 Å². The first-order valence-electron chi connectivity index (χ1n) is 10.8. The number of nitrogens with zero attached hydrogens (tertiary/aromatic N) is 1. The summed E-state index contributed by atoms with van der Waals surface area (Å²) < 4.78 is 0. The van der Waals surface area contributed by atoms with Gasteiger partial charge in [0.25, 0.3) is 0 Å². The second-order valence-corrected chi connectivity index (χ2v) is 8.98. The fourth-order valence-corrected chi connectivity index (χ4v) is 6.41. The lowest BCUT2D eigenvalue weighted by Crippen LogP contribution is -2.61. The van der Waals surface area contributed by atoms with Crippen molar-refractivity contribution in [3.63, 3.8) is 0 Å². The summed E-state index contributed by atoms with van der Waals surface area (Å²) in [6, 6.07) is 17.4. The zero-order valence-corrected chi connectivity index (χ0v) is 16.4. The van der Waals surface area contributed by atoms with Crippen molar-refractivity contribution in [1.82, 2.24) is 4.90 Å². The minimum absolute atomic E-state index is 0.213. The third-order valence-electron chi connectivity index (χ3n) is 7.73. The summed E-state index contributed by atoms with van der Waals surface area (Å²) in [5.41, 5.74) is 4.87. The molecule has 2 aromatic rings. The lowest BCUT2D eigenvalue weighted by Gasteiger charge is -2.59. The van der Waals surface area contributed by atoms with Crippen LogP contribution in [0.2, 0.25) is 0 Å². The van der Waals surface area contributed by atoms with E-state index in [1.54, 1.807) is 0 Å². The van der Waals surface area contributed by atoms with E-state index in [4.69, 9.17) is 0 Å². The number of rotatable bonds is 4. The minimum Gasteiger partial charge on any atom is -0.478 e. The summed E-state index contributed by atoms with van der Waals surface area (Å²) in [6.07, 6.45) is 8.50. The van der Waals surface area contributed by atoms with Crippen LogP contribution in [0.1, 0.15) is 59.2 Å². The number of piperidine rings is 1. The number of carboxylic acid groups (broad SMARTS) is 1. The van der Waals surface area contributed by atoms with Crippen LogP contribution in [0.25, 0.3) is 0 Å². The summed E-state index contributed by atoms with van der Waals surface area (Å²) >= 11 is 0. The van der Waals surface area contributed by atoms with Gasteiger partial charge in [0, 0.05) is 18.0 Å². The number of benzene rings is 2. The van der Waals surface area contributed by atoms with Crippen LogP contribution in [-0.4, -0.2) is 35.1 Å². The molecule has 3 atom stereocenters. The number of hydrogen-bond donors (Lipinski definition) is 1. The highest BCUT2D eigenvalue weighted by Crippen LogP contribution is 2.55. The fraction of sp³-hybridized carbons (Fsp3) is 0.480. The van der Waals surface area contributed by atoms with E-state index in [0.29, 0.717) is 17.5 Å². The van der Waals surface area contributed by atoms with E-state index in [1.165, 1.54) is 48.8 Å². The Bertz CT molecular complexity index is 877. The van der Waals surface area contributed by atoms with Crippen LogP contribution in [0.3, 0.4) is 0 Å². The largest absolute Gasteiger partial charge is 0.478 e. The molecule has 5 rings (SSSR count). The smallest absolute Gasteiger partial charge is 0.335 e. The molecular weight excluding hydrogens is 346 g/mol. The Morgan fingerprint density at radius 1 is 1.11 bits per heavy atom. The van der Waals surface area contributed by atoms with Crippen molar-refractivity contribution in [2.45, 2.75) is 56.4 Å². The molecule has 1 heterocycles. The van der Waals surface area contributed by atoms with Gasteiger partial charge in [-0.1, -0.05) is 49.2 Å². The molecule has 0 unspecified atom stereocenters. The molecule has 0 amide bonds. The van der Waals surface area contributed by atoms with Crippen molar-refractivity contribution >= 4 is 5.97 Å². The van der Waals surface area contributed by atoms with Gasteiger partial charge in [-0.15, -0.1) is 0 Å². The van der Waals surface area contributed by atoms with Gasteiger partial charge in [-0.3, -0.25) is 4.90 Å². The van der Waals surface area contributed by atoms with Crippen molar-refractivity contribution < 1.29 is 9.90 Å². The van der Waals surface area contributed by atoms with Crippen LogP contribution in [0.5, 0.6) is 0 Å². The van der Waals surface area contributed by atoms with Gasteiger partial charge in [0.15, 0.2) is 0 Å². The minimum atomic E-state index is -0.797. The summed E-state index contributed by atoms with van der Waals surface area (Å²) in [5.74, 6) is -0.115. The van der Waals surface area contributed by atoms with Crippen LogP contribution < -0.4 is 0 Å². The molecule has 146 valence electrons. The fourth-order valence-electron chi connectivity index (χ4n) is 6.41. The standard InChI is InChI=1S/C25H29NO2/c27-24(28)20-10-9-19-17-23-21-8-4-5-12-25(21,22(19)16-20)13-15-26(23)14-11-18-6-2-1-3-7-18/h1-3,6-7,9-10,16,21,23H,4-5,8,11-15,17H2,(H,27,28)/t21-,23+,25+/m1/s1. The molecule has 0 aromatic heterocycles. The summed E-state index contributed by atoms with van der Waals surface area (Å²) in [6.45, 7) is 2.27. The second kappa shape index (κ2) is 7.04. The lowest BCUT2D eigenvalue weighted by atomic mass is 9.52. The Balaban J connectivity index is 1.46. The third kappa shape index (κ3) is 2.88. The van der Waals surface area contributed by atoms with Gasteiger partial charge in [-0.25, -0.2) is 4.79 Å². The van der Waals surface area contributed by atoms with E-state index in [9.17, 15) is 9.90 Å². The molecular formula is C25H29NO2. The van der Waals surface area contributed by atoms with Gasteiger partial charge in [-0.05, 0) is 73.4 Å². The van der Waals surface area contributed by atoms with E-state index in [2.05, 4.69) is 41.3 Å². The van der Waals surface area contributed by atoms with Gasteiger partial charge in [-0.2, -0.15) is 0 Å². The molecule has 3 heteroatoms. The maximum Gasteiger partial charge on any atom is 0.335 e. The van der Waals surface area contributed by atoms with Crippen molar-refractivity contribution in [1.29, 1.82) is 0 Å². The number of likely N-dealkylation sites (tertiary alicyclic amines) is 1. The van der Waals surface area contributed by atoms with Gasteiger partial charge in [0.2, 0.25) is 0 Å². The van der Waals surface area contributed by atoms with Crippen LogP contribution in [-0.2, 0) is 18.3 Å². The maximum absolute atomic E-state index is 11.6. The van der Waals surface area contributed by atoms with Crippen molar-refractivity contribution in [3.05, 3.63) is 70.8 Å². The monoisotopic (exact) mass is 375 g/mol. The number of carboxylic acids is 1. The van der Waals surface area contributed by atoms with E-state index in [-0.39, 0.29) is 5.41 Å². The zero-order valence-electron chi connectivity index (χ0n) is 16.4. The molecule has 1 aliphatic heterocycles. The Kier molecular flexibility index (Phi) is 4.51. The molecule has 28 heavy (non-hydrogen) atoms. The topological polar surface area (TPSA) is 40.5 Å². The first-order valence-corrected chi connectivity index (χ1v) is 10.8. The van der Waals surface area contributed by atoms with E-state index in [1.807, 2.05) is 12.1 Å². The molecule has 1 saturated heterocycles. The Morgan fingerprint density at radius 2 is 1.96 bits per heavy atom. The molecule has 1 saturated carbocycles. The number of carbonyl (C=O) groups is 1. The van der Waals surface area contributed by atoms with Gasteiger partial charge in [0.05, 0.1) is 5.56 Å². The summed E-state index contributed by atoms with van der Waals surface area (Å²) in [4.78, 5) is 14.3. The van der Waals surface area contributed by atoms with Gasteiger partial charge in [0.1, 0.15) is 0 Å². The van der Waals surface area contributed by atoms with E-state index >= 15 is 0 Å². The molecule has 2 fully saturated rings. The highest BCUT2D eigenvalue weighted by molar-refractivity contribution is 5.88. The summed E-state index contributed by atoms with van der Waals surface area (Å²) in [7, 11) is 0. The highest BCUT2D eigenvalue weighted by Gasteiger charge is 2.53. The average Bonchev–Trinajstić information content (AvgIpc) is 2.73. The molecule has 3 aliphatic rings. The molecule has 2 bridgehead atoms. The lowest BCUT2D eigenvalue weighted by molar-refractivity contribution is -0.0106. The van der Waals surface area contributed by atoms with Crippen LogP contribution >= 0.6 is 0 Å². The van der Waals surface area contributed by atoms with Crippen LogP contribution in [0, 0.1) is 5.92 Å². The SMILES string of the molecule is O=C(O)c1ccc2c(c1)[C@]13CCCC[C@@H]1[C@H](C2)N(CCc1ccccc1)CC3. The molecule has 0 spiro atoms. The zero-order chi connectivity index (χ0) is 19.1.